The summed E-state index contributed by atoms with van der Waals surface area (Å²) in [5, 5.41) is 0. The van der Waals surface area contributed by atoms with Crippen LogP contribution in [-0.2, 0) is 20.8 Å². The van der Waals surface area contributed by atoms with Crippen molar-refractivity contribution in [3.8, 4) is 0 Å². The van der Waals surface area contributed by atoms with Crippen LogP contribution in [0.1, 0.15) is 73.6 Å². The standard InChI is InChI=1S/C29H32.2CH3.2ClH.Zr/c1-29(2,27-17-15-23-21-9-5-3-7-19(21)11-13-25(23)27)28-18-16-24-22-10-6-4-8-20(22)12-14-26(24)28;;;;;/h3-14,23-28H,15-18H2,1-2H3;2*1H3;2*1H;/q;2*-1;;;+4/p-2. The van der Waals surface area contributed by atoms with Crippen molar-refractivity contribution in [2.45, 2.75) is 51.4 Å². The third-order valence-corrected chi connectivity index (χ3v) is 9.13. The summed E-state index contributed by atoms with van der Waals surface area (Å²) in [6.07, 6.45) is 15.5. The van der Waals surface area contributed by atoms with Crippen molar-refractivity contribution in [2.24, 2.45) is 29.1 Å². The molecule has 0 saturated heterocycles. The SMILES string of the molecule is CC(C)(C1CCC2c3ccccc3C=CC21)C1CCC2c3ccccc3C=CC21.[CH3-].[CH3-].[Cl][Zr+2][Cl]. The molecule has 0 amide bonds. The van der Waals surface area contributed by atoms with E-state index in [4.69, 9.17) is 17.0 Å². The number of hydrogen-bond donors (Lipinski definition) is 0. The molecule has 0 aliphatic heterocycles. The van der Waals surface area contributed by atoms with Gasteiger partial charge in [-0.25, -0.2) is 0 Å². The number of allylic oxidation sites excluding steroid dienone is 2. The Morgan fingerprint density at radius 1 is 0.676 bits per heavy atom. The number of rotatable bonds is 2. The monoisotopic (exact) mass is 570 g/mol. The van der Waals surface area contributed by atoms with Gasteiger partial charge in [0.05, 0.1) is 0 Å². The molecule has 3 heteroatoms. The molecule has 0 aromatic heterocycles. The van der Waals surface area contributed by atoms with Crippen molar-refractivity contribution < 1.29 is 20.8 Å². The van der Waals surface area contributed by atoms with Gasteiger partial charge in [-0.3, -0.25) is 0 Å². The zero-order chi connectivity index (χ0) is 22.3. The number of benzene rings is 2. The molecular weight excluding hydrogens is 534 g/mol. The Morgan fingerprint density at radius 3 is 1.47 bits per heavy atom. The molecule has 2 aromatic carbocycles. The second-order valence-corrected chi connectivity index (χ2v) is 14.3. The van der Waals surface area contributed by atoms with E-state index in [0.29, 0.717) is 5.41 Å². The van der Waals surface area contributed by atoms with Crippen molar-refractivity contribution in [1.29, 1.82) is 0 Å². The van der Waals surface area contributed by atoms with Crippen LogP contribution in [0.3, 0.4) is 0 Å². The van der Waals surface area contributed by atoms with Crippen LogP contribution in [0.2, 0.25) is 0 Å². The van der Waals surface area contributed by atoms with E-state index >= 15 is 0 Å². The summed E-state index contributed by atoms with van der Waals surface area (Å²) in [5.41, 5.74) is 6.51. The zero-order valence-electron chi connectivity index (χ0n) is 21.0. The molecule has 6 unspecified atom stereocenters. The fraction of sp³-hybridized carbons (Fsp3) is 0.419. The molecule has 6 atom stereocenters. The van der Waals surface area contributed by atoms with Crippen LogP contribution in [-0.4, -0.2) is 0 Å². The molecule has 0 spiro atoms. The maximum atomic E-state index is 4.93. The summed E-state index contributed by atoms with van der Waals surface area (Å²) < 4.78 is 0. The molecule has 0 nitrogen and oxygen atoms in total. The van der Waals surface area contributed by atoms with Gasteiger partial charge in [0, 0.05) is 0 Å². The molecule has 2 fully saturated rings. The van der Waals surface area contributed by atoms with Gasteiger partial charge in [-0.1, -0.05) is 86.7 Å². The van der Waals surface area contributed by atoms with E-state index in [1.54, 1.807) is 11.1 Å². The van der Waals surface area contributed by atoms with Gasteiger partial charge in [0.2, 0.25) is 0 Å². The van der Waals surface area contributed by atoms with Crippen molar-refractivity contribution in [2.75, 3.05) is 0 Å². The van der Waals surface area contributed by atoms with Crippen LogP contribution in [0.5, 0.6) is 0 Å². The molecule has 0 N–H and O–H groups in total. The predicted molar refractivity (Wildman–Crippen MR) is 147 cm³/mol. The summed E-state index contributed by atoms with van der Waals surface area (Å²) in [6, 6.07) is 18.2. The van der Waals surface area contributed by atoms with E-state index in [0.717, 1.165) is 35.5 Å². The fourth-order valence-corrected chi connectivity index (χ4v) is 7.75. The Hall–Kier alpha value is -0.617. The first-order chi connectivity index (χ1) is 15.6. The topological polar surface area (TPSA) is 0 Å². The molecule has 2 aromatic rings. The van der Waals surface area contributed by atoms with Crippen LogP contribution < -0.4 is 0 Å². The fourth-order valence-electron chi connectivity index (χ4n) is 7.75. The van der Waals surface area contributed by atoms with Gasteiger partial charge in [-0.15, -0.1) is 0 Å². The first-order valence-electron chi connectivity index (χ1n) is 12.1. The predicted octanol–water partition coefficient (Wildman–Crippen LogP) is 9.96. The van der Waals surface area contributed by atoms with Gasteiger partial charge in [0.25, 0.3) is 0 Å². The van der Waals surface area contributed by atoms with E-state index in [1.807, 2.05) is 0 Å². The third kappa shape index (κ3) is 4.84. The Bertz CT molecular complexity index is 944. The van der Waals surface area contributed by atoms with Crippen LogP contribution in [0, 0.1) is 43.9 Å². The maximum absolute atomic E-state index is 4.93. The van der Waals surface area contributed by atoms with Gasteiger partial charge >= 0.3 is 37.9 Å². The molecule has 6 rings (SSSR count). The van der Waals surface area contributed by atoms with E-state index in [1.165, 1.54) is 36.8 Å². The van der Waals surface area contributed by atoms with Crippen molar-refractivity contribution in [3.63, 3.8) is 0 Å². The molecule has 180 valence electrons. The Kier molecular flexibility index (Phi) is 9.56. The second-order valence-electron chi connectivity index (χ2n) is 10.6. The van der Waals surface area contributed by atoms with Crippen molar-refractivity contribution in [3.05, 3.63) is 97.8 Å². The molecular formula is C31H38Cl2Zr. The molecule has 2 saturated carbocycles. The van der Waals surface area contributed by atoms with Crippen molar-refractivity contribution >= 4 is 29.2 Å². The van der Waals surface area contributed by atoms with Gasteiger partial charge in [0.15, 0.2) is 0 Å². The molecule has 34 heavy (non-hydrogen) atoms. The van der Waals surface area contributed by atoms with Crippen LogP contribution >= 0.6 is 17.0 Å². The number of fused-ring (bicyclic) bond motifs is 6. The molecule has 0 radical (unpaired) electrons. The van der Waals surface area contributed by atoms with Crippen LogP contribution in [0.15, 0.2) is 60.7 Å². The third-order valence-electron chi connectivity index (χ3n) is 9.13. The van der Waals surface area contributed by atoms with Gasteiger partial charge in [-0.05, 0) is 88.9 Å². The Labute approximate surface area is 226 Å². The van der Waals surface area contributed by atoms with E-state index in [2.05, 4.69) is 86.7 Å². The van der Waals surface area contributed by atoms with Gasteiger partial charge in [-0.2, -0.15) is 0 Å². The Balaban J connectivity index is 0.000000618. The first kappa shape index (κ1) is 28.0. The molecule has 4 aliphatic rings. The summed E-state index contributed by atoms with van der Waals surface area (Å²) in [6.45, 7) is 5.21. The zero-order valence-corrected chi connectivity index (χ0v) is 24.9. The normalized spacial score (nSPS) is 29.6. The quantitative estimate of drug-likeness (QED) is 0.314. The summed E-state index contributed by atoms with van der Waals surface area (Å²) >= 11 is -0.826. The Morgan fingerprint density at radius 2 is 1.06 bits per heavy atom. The minimum atomic E-state index is -0.826. The van der Waals surface area contributed by atoms with Crippen LogP contribution in [0.25, 0.3) is 12.2 Å². The number of halogens is 2. The van der Waals surface area contributed by atoms with Gasteiger partial charge < -0.3 is 14.9 Å². The number of hydrogen-bond acceptors (Lipinski definition) is 0. The van der Waals surface area contributed by atoms with E-state index in [-0.39, 0.29) is 14.9 Å². The average molecular weight is 573 g/mol. The van der Waals surface area contributed by atoms with E-state index < -0.39 is 20.8 Å². The molecule has 4 aliphatic carbocycles. The molecule has 0 heterocycles. The summed E-state index contributed by atoms with van der Waals surface area (Å²) in [4.78, 5) is 0. The minimum absolute atomic E-state index is 0. The van der Waals surface area contributed by atoms with E-state index in [9.17, 15) is 0 Å². The molecule has 0 bridgehead atoms. The first-order valence-corrected chi connectivity index (χ1v) is 18.4. The summed E-state index contributed by atoms with van der Waals surface area (Å²) in [5.74, 6) is 4.51. The van der Waals surface area contributed by atoms with Crippen molar-refractivity contribution in [1.82, 2.24) is 0 Å². The van der Waals surface area contributed by atoms with Gasteiger partial charge in [0.1, 0.15) is 0 Å². The average Bonchev–Trinajstić information content (AvgIpc) is 3.45. The summed E-state index contributed by atoms with van der Waals surface area (Å²) in [7, 11) is 9.87. The second kappa shape index (κ2) is 11.6. The van der Waals surface area contributed by atoms with Crippen LogP contribution in [0.4, 0.5) is 0 Å².